The molecule has 4 nitrogen and oxygen atoms in total. The van der Waals surface area contributed by atoms with Crippen LogP contribution in [0.3, 0.4) is 0 Å². The average molecular weight is 268 g/mol. The molecule has 0 aliphatic carbocycles. The number of hydrogen-bond acceptors (Lipinski definition) is 5. The number of thiazole rings is 1. The highest BCUT2D eigenvalue weighted by Crippen LogP contribution is 2.21. The monoisotopic (exact) mass is 268 g/mol. The van der Waals surface area contributed by atoms with Gasteiger partial charge in [-0.25, -0.2) is 4.98 Å². The average Bonchev–Trinajstić information content (AvgIpc) is 2.88. The molecule has 1 aromatic heterocycles. The van der Waals surface area contributed by atoms with Gasteiger partial charge in [0.2, 0.25) is 0 Å². The molecule has 0 radical (unpaired) electrons. The number of likely N-dealkylation sites (N-methyl/N-ethyl adjacent to an activating group) is 1. The van der Waals surface area contributed by atoms with Crippen LogP contribution in [0.4, 0.5) is 0 Å². The van der Waals surface area contributed by atoms with Gasteiger partial charge in [-0.05, 0) is 20.4 Å². The number of rotatable bonds is 5. The summed E-state index contributed by atoms with van der Waals surface area (Å²) in [4.78, 5) is 17.9. The first-order valence-corrected chi connectivity index (χ1v) is 7.20. The largest absolute Gasteiger partial charge is 0.379 e. The third-order valence-electron chi connectivity index (χ3n) is 3.36. The molecule has 2 heterocycles. The third kappa shape index (κ3) is 2.96. The first-order chi connectivity index (χ1) is 8.61. The quantitative estimate of drug-likeness (QED) is 0.879. The number of carbonyl (C=O) groups is 1. The lowest BCUT2D eigenvalue weighted by Crippen LogP contribution is -2.39. The Hall–Kier alpha value is -0.780. The fraction of sp³-hybridized carbons (Fsp3) is 0.692. The summed E-state index contributed by atoms with van der Waals surface area (Å²) in [5.74, 6) is 0.224. The van der Waals surface area contributed by atoms with Crippen molar-refractivity contribution in [1.29, 1.82) is 0 Å². The normalized spacial score (nSPS) is 23.5. The van der Waals surface area contributed by atoms with Crippen LogP contribution in [0, 0.1) is 19.8 Å². The van der Waals surface area contributed by atoms with Gasteiger partial charge in [0.05, 0.1) is 31.2 Å². The molecule has 100 valence electrons. The van der Waals surface area contributed by atoms with Gasteiger partial charge in [0.15, 0.2) is 0 Å². The number of nitrogens with zero attached hydrogens (tertiary/aromatic N) is 1. The number of ketones is 1. The van der Waals surface area contributed by atoms with Gasteiger partial charge in [0.1, 0.15) is 10.8 Å². The van der Waals surface area contributed by atoms with Crippen molar-refractivity contribution in [2.45, 2.75) is 33.2 Å². The number of nitrogens with one attached hydrogen (secondary N) is 1. The standard InChI is InChI=1S/C13H20N2O2S/c1-4-14-11-7-17-6-10(11)12(16)5-13-15-8(2)9(3)18-13/h10-11,14H,4-7H2,1-3H3. The molecule has 1 aliphatic rings. The molecule has 1 fully saturated rings. The molecule has 1 aliphatic heterocycles. The SMILES string of the molecule is CCNC1COCC1C(=O)Cc1nc(C)c(C)s1. The van der Waals surface area contributed by atoms with Gasteiger partial charge in [-0.3, -0.25) is 4.79 Å². The molecule has 0 aromatic carbocycles. The van der Waals surface area contributed by atoms with E-state index in [0.29, 0.717) is 19.6 Å². The predicted octanol–water partition coefficient (Wildman–Crippen LogP) is 1.50. The second kappa shape index (κ2) is 5.91. The lowest BCUT2D eigenvalue weighted by atomic mass is 9.96. The number of Topliss-reactive ketones (excluding diaryl/α,β-unsaturated/α-hetero) is 1. The van der Waals surface area contributed by atoms with E-state index < -0.39 is 0 Å². The van der Waals surface area contributed by atoms with Crippen LogP contribution in [0.25, 0.3) is 0 Å². The van der Waals surface area contributed by atoms with Gasteiger partial charge in [-0.15, -0.1) is 11.3 Å². The second-order valence-electron chi connectivity index (χ2n) is 4.70. The molecule has 0 spiro atoms. The molecular formula is C13H20N2O2S. The molecular weight excluding hydrogens is 248 g/mol. The molecule has 0 amide bonds. The Bertz CT molecular complexity index is 411. The highest BCUT2D eigenvalue weighted by molar-refractivity contribution is 7.11. The molecule has 0 bridgehead atoms. The third-order valence-corrected chi connectivity index (χ3v) is 4.43. The summed E-state index contributed by atoms with van der Waals surface area (Å²) in [6.45, 7) is 8.13. The molecule has 2 rings (SSSR count). The first kappa shape index (κ1) is 13.6. The van der Waals surface area contributed by atoms with Gasteiger partial charge >= 0.3 is 0 Å². The van der Waals surface area contributed by atoms with Gasteiger partial charge in [-0.2, -0.15) is 0 Å². The summed E-state index contributed by atoms with van der Waals surface area (Å²) in [6, 6.07) is 0.171. The Kier molecular flexibility index (Phi) is 4.48. The fourth-order valence-electron chi connectivity index (χ4n) is 2.23. The lowest BCUT2D eigenvalue weighted by Gasteiger charge is -2.16. The van der Waals surface area contributed by atoms with Crippen molar-refractivity contribution in [2.24, 2.45) is 5.92 Å². The zero-order valence-corrected chi connectivity index (χ0v) is 12.0. The Morgan fingerprint density at radius 1 is 1.50 bits per heavy atom. The van der Waals surface area contributed by atoms with Crippen LogP contribution in [0.5, 0.6) is 0 Å². The molecule has 1 saturated heterocycles. The van der Waals surface area contributed by atoms with E-state index in [0.717, 1.165) is 17.2 Å². The van der Waals surface area contributed by atoms with Crippen molar-refractivity contribution in [3.05, 3.63) is 15.6 Å². The minimum absolute atomic E-state index is 0.0190. The summed E-state index contributed by atoms with van der Waals surface area (Å²) in [5.41, 5.74) is 1.04. The second-order valence-corrected chi connectivity index (χ2v) is 5.99. The van der Waals surface area contributed by atoms with E-state index >= 15 is 0 Å². The van der Waals surface area contributed by atoms with E-state index in [1.807, 2.05) is 20.8 Å². The Balaban J connectivity index is 1.98. The van der Waals surface area contributed by atoms with Gasteiger partial charge in [-0.1, -0.05) is 6.92 Å². The zero-order valence-electron chi connectivity index (χ0n) is 11.2. The predicted molar refractivity (Wildman–Crippen MR) is 72.1 cm³/mol. The van der Waals surface area contributed by atoms with Crippen molar-refractivity contribution in [3.8, 4) is 0 Å². The Labute approximate surface area is 112 Å². The van der Waals surface area contributed by atoms with Crippen LogP contribution >= 0.6 is 11.3 Å². The lowest BCUT2D eigenvalue weighted by molar-refractivity contribution is -0.122. The number of aromatic nitrogens is 1. The van der Waals surface area contributed by atoms with Crippen molar-refractivity contribution in [1.82, 2.24) is 10.3 Å². The summed E-state index contributed by atoms with van der Waals surface area (Å²) < 4.78 is 5.41. The molecule has 0 saturated carbocycles. The van der Waals surface area contributed by atoms with E-state index in [9.17, 15) is 4.79 Å². The van der Waals surface area contributed by atoms with Crippen molar-refractivity contribution >= 4 is 17.1 Å². The summed E-state index contributed by atoms with van der Waals surface area (Å²) in [7, 11) is 0. The van der Waals surface area contributed by atoms with Gasteiger partial charge in [0, 0.05) is 10.9 Å². The Morgan fingerprint density at radius 2 is 2.28 bits per heavy atom. The van der Waals surface area contributed by atoms with Crippen LogP contribution in [-0.2, 0) is 16.0 Å². The number of carbonyl (C=O) groups excluding carboxylic acids is 1. The zero-order chi connectivity index (χ0) is 13.1. The first-order valence-electron chi connectivity index (χ1n) is 6.38. The van der Waals surface area contributed by atoms with Crippen molar-refractivity contribution < 1.29 is 9.53 Å². The molecule has 5 heteroatoms. The van der Waals surface area contributed by atoms with Crippen molar-refractivity contribution in [2.75, 3.05) is 19.8 Å². The topological polar surface area (TPSA) is 51.2 Å². The minimum Gasteiger partial charge on any atom is -0.379 e. The van der Waals surface area contributed by atoms with Gasteiger partial charge < -0.3 is 10.1 Å². The maximum absolute atomic E-state index is 12.3. The van der Waals surface area contributed by atoms with Crippen molar-refractivity contribution in [3.63, 3.8) is 0 Å². The molecule has 2 unspecified atom stereocenters. The van der Waals surface area contributed by atoms with E-state index in [4.69, 9.17) is 4.74 Å². The Morgan fingerprint density at radius 3 is 2.89 bits per heavy atom. The van der Waals surface area contributed by atoms with E-state index in [2.05, 4.69) is 10.3 Å². The number of aryl methyl sites for hydroxylation is 2. The van der Waals surface area contributed by atoms with E-state index in [1.165, 1.54) is 4.88 Å². The maximum Gasteiger partial charge on any atom is 0.146 e. The van der Waals surface area contributed by atoms with E-state index in [1.54, 1.807) is 11.3 Å². The summed E-state index contributed by atoms with van der Waals surface area (Å²) in [5, 5.41) is 4.24. The highest BCUT2D eigenvalue weighted by atomic mass is 32.1. The van der Waals surface area contributed by atoms with Crippen LogP contribution in [0.15, 0.2) is 0 Å². The maximum atomic E-state index is 12.3. The molecule has 2 atom stereocenters. The van der Waals surface area contributed by atoms with Crippen LogP contribution in [0.1, 0.15) is 22.5 Å². The minimum atomic E-state index is -0.0190. The smallest absolute Gasteiger partial charge is 0.146 e. The van der Waals surface area contributed by atoms with Gasteiger partial charge in [0.25, 0.3) is 0 Å². The van der Waals surface area contributed by atoms with Crippen LogP contribution < -0.4 is 5.32 Å². The molecule has 18 heavy (non-hydrogen) atoms. The summed E-state index contributed by atoms with van der Waals surface area (Å²) in [6.07, 6.45) is 0.440. The number of ether oxygens (including phenoxy) is 1. The van der Waals surface area contributed by atoms with Crippen LogP contribution in [0.2, 0.25) is 0 Å². The van der Waals surface area contributed by atoms with Crippen LogP contribution in [-0.4, -0.2) is 36.6 Å². The fourth-order valence-corrected chi connectivity index (χ4v) is 3.17. The molecule has 1 N–H and O–H groups in total. The highest BCUT2D eigenvalue weighted by Gasteiger charge is 2.33. The summed E-state index contributed by atoms with van der Waals surface area (Å²) >= 11 is 1.62. The van der Waals surface area contributed by atoms with E-state index in [-0.39, 0.29) is 17.7 Å². The number of hydrogen-bond donors (Lipinski definition) is 1. The molecule has 1 aromatic rings.